The molecule has 0 aliphatic carbocycles. The number of benzene rings is 2. The maximum absolute atomic E-state index is 15.2. The van der Waals surface area contributed by atoms with Crippen LogP contribution in [-0.4, -0.2) is 45.8 Å². The van der Waals surface area contributed by atoms with Gasteiger partial charge in [0.2, 0.25) is 0 Å². The van der Waals surface area contributed by atoms with E-state index >= 15 is 4.39 Å². The standard InChI is InChI=1S/C26H25FN6O2/c1-5-19-20(28-3)6-7-21(25(19)27)32-26-24-22(29-14-30-26)8-16(17-10-31-33(4)11-17)9-23(24)35-15(2)18-12-34-13-18/h5-11,14-15,18H,1,3,12-13H2,2,4H3,(H,29,30,32). The topological polar surface area (TPSA) is 86.5 Å². The Balaban J connectivity index is 1.63. The summed E-state index contributed by atoms with van der Waals surface area (Å²) in [6, 6.07) is 7.16. The van der Waals surface area contributed by atoms with E-state index in [-0.39, 0.29) is 17.4 Å². The molecule has 1 aliphatic heterocycles. The van der Waals surface area contributed by atoms with Crippen molar-refractivity contribution >= 4 is 40.9 Å². The van der Waals surface area contributed by atoms with Gasteiger partial charge in [0.05, 0.1) is 41.7 Å². The first kappa shape index (κ1) is 22.7. The quantitative estimate of drug-likeness (QED) is 0.350. The van der Waals surface area contributed by atoms with Crippen LogP contribution < -0.4 is 10.1 Å². The Labute approximate surface area is 202 Å². The normalized spacial score (nSPS) is 14.4. The molecule has 0 spiro atoms. The summed E-state index contributed by atoms with van der Waals surface area (Å²) < 4.78 is 28.8. The van der Waals surface area contributed by atoms with Crippen LogP contribution in [0.5, 0.6) is 5.75 Å². The van der Waals surface area contributed by atoms with Crippen LogP contribution in [0.2, 0.25) is 0 Å². The Morgan fingerprint density at radius 1 is 1.29 bits per heavy atom. The molecule has 1 aliphatic rings. The van der Waals surface area contributed by atoms with E-state index in [4.69, 9.17) is 9.47 Å². The van der Waals surface area contributed by atoms with Crippen molar-refractivity contribution in [2.75, 3.05) is 18.5 Å². The van der Waals surface area contributed by atoms with Crippen LogP contribution in [-0.2, 0) is 11.8 Å². The number of hydrogen-bond donors (Lipinski definition) is 1. The van der Waals surface area contributed by atoms with Crippen molar-refractivity contribution < 1.29 is 13.9 Å². The van der Waals surface area contributed by atoms with Crippen LogP contribution in [0.4, 0.5) is 21.6 Å². The minimum Gasteiger partial charge on any atom is -0.489 e. The van der Waals surface area contributed by atoms with Crippen LogP contribution in [0, 0.1) is 11.7 Å². The Kier molecular flexibility index (Phi) is 6.00. The van der Waals surface area contributed by atoms with Crippen LogP contribution in [0.1, 0.15) is 12.5 Å². The molecule has 0 saturated carbocycles. The Hall–Kier alpha value is -4.11. The van der Waals surface area contributed by atoms with Gasteiger partial charge < -0.3 is 14.8 Å². The largest absolute Gasteiger partial charge is 0.489 e. The molecule has 1 N–H and O–H groups in total. The molecule has 0 amide bonds. The molecule has 178 valence electrons. The highest BCUT2D eigenvalue weighted by molar-refractivity contribution is 5.98. The van der Waals surface area contributed by atoms with Gasteiger partial charge in [0.15, 0.2) is 5.82 Å². The zero-order chi connectivity index (χ0) is 24.5. The number of nitrogens with zero attached hydrogens (tertiary/aromatic N) is 5. The molecule has 5 rings (SSSR count). The third-order valence-corrected chi connectivity index (χ3v) is 6.16. The van der Waals surface area contributed by atoms with Crippen molar-refractivity contribution in [3.63, 3.8) is 0 Å². The number of aliphatic imine (C=N–C) groups is 1. The smallest absolute Gasteiger partial charge is 0.156 e. The lowest BCUT2D eigenvalue weighted by Gasteiger charge is -2.32. The average molecular weight is 473 g/mol. The van der Waals surface area contributed by atoms with E-state index in [9.17, 15) is 0 Å². The fourth-order valence-electron chi connectivity index (χ4n) is 4.04. The number of aromatic nitrogens is 4. The molecule has 0 radical (unpaired) electrons. The molecule has 35 heavy (non-hydrogen) atoms. The highest BCUT2D eigenvalue weighted by Gasteiger charge is 2.28. The highest BCUT2D eigenvalue weighted by atomic mass is 19.1. The van der Waals surface area contributed by atoms with Crippen LogP contribution in [0.25, 0.3) is 28.1 Å². The van der Waals surface area contributed by atoms with Crippen molar-refractivity contribution in [3.05, 3.63) is 60.9 Å². The molecule has 9 heteroatoms. The first-order valence-electron chi connectivity index (χ1n) is 11.2. The van der Waals surface area contributed by atoms with E-state index in [0.29, 0.717) is 47.3 Å². The molecular weight excluding hydrogens is 447 g/mol. The lowest BCUT2D eigenvalue weighted by atomic mass is 10.0. The number of rotatable bonds is 8. The number of halogens is 1. The van der Waals surface area contributed by atoms with E-state index in [0.717, 1.165) is 11.1 Å². The molecule has 2 aromatic heterocycles. The molecule has 1 fully saturated rings. The van der Waals surface area contributed by atoms with E-state index < -0.39 is 5.82 Å². The van der Waals surface area contributed by atoms with Crippen molar-refractivity contribution in [1.29, 1.82) is 0 Å². The third-order valence-electron chi connectivity index (χ3n) is 6.16. The number of fused-ring (bicyclic) bond motifs is 1. The van der Waals surface area contributed by atoms with E-state index in [1.165, 1.54) is 12.4 Å². The van der Waals surface area contributed by atoms with Gasteiger partial charge in [-0.3, -0.25) is 9.67 Å². The van der Waals surface area contributed by atoms with E-state index in [1.54, 1.807) is 23.0 Å². The lowest BCUT2D eigenvalue weighted by Crippen LogP contribution is -2.39. The van der Waals surface area contributed by atoms with E-state index in [2.05, 4.69) is 38.7 Å². The molecule has 1 saturated heterocycles. The van der Waals surface area contributed by atoms with Gasteiger partial charge in [0.25, 0.3) is 0 Å². The molecule has 1 atom stereocenters. The zero-order valence-electron chi connectivity index (χ0n) is 19.5. The minimum absolute atomic E-state index is 0.0915. The Morgan fingerprint density at radius 3 is 2.77 bits per heavy atom. The fourth-order valence-corrected chi connectivity index (χ4v) is 4.04. The SMILES string of the molecule is C=Cc1c(N=C)ccc(Nc2ncnc3cc(-c4cnn(C)c4)cc(OC(C)C4COC4)c23)c1F. The summed E-state index contributed by atoms with van der Waals surface area (Å²) in [4.78, 5) is 12.8. The Bertz CT molecular complexity index is 1430. The number of anilines is 2. The zero-order valence-corrected chi connectivity index (χ0v) is 19.5. The summed E-state index contributed by atoms with van der Waals surface area (Å²) in [7, 11) is 1.87. The second-order valence-electron chi connectivity index (χ2n) is 8.46. The third kappa shape index (κ3) is 4.26. The van der Waals surface area contributed by atoms with Crippen molar-refractivity contribution in [2.24, 2.45) is 18.0 Å². The summed E-state index contributed by atoms with van der Waals surface area (Å²) >= 11 is 0. The van der Waals surface area contributed by atoms with Gasteiger partial charge in [-0.25, -0.2) is 14.4 Å². The van der Waals surface area contributed by atoms with Gasteiger partial charge in [-0.05, 0) is 43.5 Å². The molecule has 8 nitrogen and oxygen atoms in total. The summed E-state index contributed by atoms with van der Waals surface area (Å²) in [5.41, 5.74) is 3.40. The minimum atomic E-state index is -0.494. The second kappa shape index (κ2) is 9.27. The Morgan fingerprint density at radius 2 is 2.11 bits per heavy atom. The van der Waals surface area contributed by atoms with Gasteiger partial charge >= 0.3 is 0 Å². The number of ether oxygens (including phenoxy) is 2. The average Bonchev–Trinajstić information content (AvgIpc) is 3.25. The molecule has 4 aromatic rings. The van der Waals surface area contributed by atoms with Gasteiger partial charge in [-0.15, -0.1) is 0 Å². The second-order valence-corrected chi connectivity index (χ2v) is 8.46. The van der Waals surface area contributed by atoms with Crippen LogP contribution in [0.15, 0.2) is 54.6 Å². The number of nitrogens with one attached hydrogen (secondary N) is 1. The van der Waals surface area contributed by atoms with Crippen molar-refractivity contribution in [1.82, 2.24) is 19.7 Å². The van der Waals surface area contributed by atoms with Gasteiger partial charge in [0, 0.05) is 30.3 Å². The summed E-state index contributed by atoms with van der Waals surface area (Å²) in [5.74, 6) is 0.816. The predicted molar refractivity (Wildman–Crippen MR) is 135 cm³/mol. The maximum Gasteiger partial charge on any atom is 0.156 e. The fraction of sp³-hybridized carbons (Fsp3) is 0.231. The van der Waals surface area contributed by atoms with Gasteiger partial charge in [0.1, 0.15) is 24.0 Å². The van der Waals surface area contributed by atoms with Crippen LogP contribution >= 0.6 is 0 Å². The highest BCUT2D eigenvalue weighted by Crippen LogP contribution is 2.38. The molecule has 2 aromatic carbocycles. The van der Waals surface area contributed by atoms with Gasteiger partial charge in [-0.2, -0.15) is 5.10 Å². The molecule has 1 unspecified atom stereocenters. The summed E-state index contributed by atoms with van der Waals surface area (Å²) in [5, 5.41) is 8.05. The lowest BCUT2D eigenvalue weighted by molar-refractivity contribution is -0.0773. The van der Waals surface area contributed by atoms with E-state index in [1.807, 2.05) is 32.3 Å². The van der Waals surface area contributed by atoms with Crippen molar-refractivity contribution in [3.8, 4) is 16.9 Å². The first-order chi connectivity index (χ1) is 17.0. The maximum atomic E-state index is 15.2. The van der Waals surface area contributed by atoms with Crippen molar-refractivity contribution in [2.45, 2.75) is 13.0 Å². The summed E-state index contributed by atoms with van der Waals surface area (Å²) in [6.07, 6.45) is 6.48. The first-order valence-corrected chi connectivity index (χ1v) is 11.2. The molecule has 0 bridgehead atoms. The summed E-state index contributed by atoms with van der Waals surface area (Å²) in [6.45, 7) is 10.5. The number of hydrogen-bond acceptors (Lipinski definition) is 7. The number of aryl methyl sites for hydroxylation is 1. The monoisotopic (exact) mass is 472 g/mol. The molecular formula is C26H25FN6O2. The predicted octanol–water partition coefficient (Wildman–Crippen LogP) is 5.30. The molecule has 3 heterocycles. The van der Waals surface area contributed by atoms with Crippen LogP contribution in [0.3, 0.4) is 0 Å². The van der Waals surface area contributed by atoms with Gasteiger partial charge in [-0.1, -0.05) is 12.7 Å².